The molecule has 0 aliphatic heterocycles. The van der Waals surface area contributed by atoms with Crippen LogP contribution in [0.15, 0.2) is 24.3 Å². The van der Waals surface area contributed by atoms with Crippen LogP contribution in [0.1, 0.15) is 37.8 Å². The fourth-order valence-electron chi connectivity index (χ4n) is 1.93. The van der Waals surface area contributed by atoms with Crippen molar-refractivity contribution in [2.24, 2.45) is 5.41 Å². The highest BCUT2D eigenvalue weighted by Gasteiger charge is 2.18. The van der Waals surface area contributed by atoms with Gasteiger partial charge in [-0.25, -0.2) is 0 Å². The van der Waals surface area contributed by atoms with Crippen molar-refractivity contribution in [1.82, 2.24) is 5.32 Å². The maximum Gasteiger partial charge on any atom is 0.224 e. The van der Waals surface area contributed by atoms with E-state index in [-0.39, 0.29) is 17.9 Å². The van der Waals surface area contributed by atoms with Gasteiger partial charge in [-0.05, 0) is 36.0 Å². The van der Waals surface area contributed by atoms with Gasteiger partial charge >= 0.3 is 0 Å². The van der Waals surface area contributed by atoms with E-state index in [2.05, 4.69) is 25.2 Å². The Kier molecular flexibility index (Phi) is 6.20. The first kappa shape index (κ1) is 16.2. The number of aliphatic hydroxyl groups excluding tert-OH is 1. The highest BCUT2D eigenvalue weighted by molar-refractivity contribution is 5.78. The number of nitrogens with one attached hydrogen (secondary N) is 1. The molecule has 0 bridgehead atoms. The first-order valence-electron chi connectivity index (χ1n) is 6.83. The summed E-state index contributed by atoms with van der Waals surface area (Å²) in [5.74, 6) is -0.0215. The average molecular weight is 274 g/mol. The predicted octanol–water partition coefficient (Wildman–Crippen LogP) is 2.02. The second-order valence-corrected chi connectivity index (χ2v) is 5.75. The Labute approximate surface area is 120 Å². The lowest BCUT2D eigenvalue weighted by molar-refractivity contribution is -0.120. The van der Waals surface area contributed by atoms with Gasteiger partial charge in [-0.3, -0.25) is 4.79 Å². The highest BCUT2D eigenvalue weighted by atomic mass is 16.2. The quantitative estimate of drug-likeness (QED) is 0.799. The van der Waals surface area contributed by atoms with Crippen LogP contribution >= 0.6 is 0 Å². The minimum Gasteiger partial charge on any atom is -0.396 e. The molecule has 0 fully saturated rings. The Morgan fingerprint density at radius 2 is 2.00 bits per heavy atom. The van der Waals surface area contributed by atoms with E-state index in [1.165, 1.54) is 0 Å². The molecular weight excluding hydrogens is 252 g/mol. The molecule has 0 aromatic heterocycles. The van der Waals surface area contributed by atoms with Crippen LogP contribution in [0, 0.1) is 16.7 Å². The van der Waals surface area contributed by atoms with Gasteiger partial charge in [-0.1, -0.05) is 26.0 Å². The van der Waals surface area contributed by atoms with E-state index in [4.69, 9.17) is 10.4 Å². The van der Waals surface area contributed by atoms with Gasteiger partial charge in [-0.2, -0.15) is 5.26 Å². The molecule has 0 heterocycles. The molecule has 0 unspecified atom stereocenters. The van der Waals surface area contributed by atoms with Crippen LogP contribution in [0.25, 0.3) is 0 Å². The lowest BCUT2D eigenvalue weighted by atomic mass is 9.88. The lowest BCUT2D eigenvalue weighted by Gasteiger charge is -2.24. The second-order valence-electron chi connectivity index (χ2n) is 5.75. The number of benzene rings is 1. The molecule has 1 aromatic rings. The van der Waals surface area contributed by atoms with E-state index in [0.29, 0.717) is 18.5 Å². The molecule has 0 radical (unpaired) electrons. The summed E-state index contributed by atoms with van der Waals surface area (Å²) in [4.78, 5) is 11.9. The third-order valence-corrected chi connectivity index (χ3v) is 3.22. The minimum atomic E-state index is -0.0215. The maximum absolute atomic E-state index is 11.9. The van der Waals surface area contributed by atoms with Crippen LogP contribution in [0.3, 0.4) is 0 Å². The van der Waals surface area contributed by atoms with Gasteiger partial charge < -0.3 is 10.4 Å². The number of rotatable bonds is 7. The molecule has 0 saturated carbocycles. The maximum atomic E-state index is 11.9. The van der Waals surface area contributed by atoms with E-state index in [9.17, 15) is 4.79 Å². The van der Waals surface area contributed by atoms with E-state index in [1.54, 1.807) is 24.3 Å². The molecule has 20 heavy (non-hydrogen) atoms. The zero-order valence-corrected chi connectivity index (χ0v) is 12.1. The summed E-state index contributed by atoms with van der Waals surface area (Å²) in [7, 11) is 0. The minimum absolute atomic E-state index is 0.0109. The van der Waals surface area contributed by atoms with Crippen molar-refractivity contribution in [3.8, 4) is 6.07 Å². The monoisotopic (exact) mass is 274 g/mol. The SMILES string of the molecule is CC(C)(CCCO)CNC(=O)Cc1ccc(C#N)cc1. The molecule has 2 N–H and O–H groups in total. The van der Waals surface area contributed by atoms with Crippen LogP contribution < -0.4 is 5.32 Å². The van der Waals surface area contributed by atoms with Gasteiger partial charge in [0.15, 0.2) is 0 Å². The molecule has 1 rings (SSSR count). The fraction of sp³-hybridized carbons (Fsp3) is 0.500. The first-order chi connectivity index (χ1) is 9.46. The molecular formula is C16H22N2O2. The molecule has 1 aromatic carbocycles. The van der Waals surface area contributed by atoms with Crippen LogP contribution in [-0.2, 0) is 11.2 Å². The van der Waals surface area contributed by atoms with Crippen molar-refractivity contribution in [3.05, 3.63) is 35.4 Å². The molecule has 0 aliphatic rings. The Morgan fingerprint density at radius 1 is 1.35 bits per heavy atom. The largest absolute Gasteiger partial charge is 0.396 e. The number of carbonyl (C=O) groups excluding carboxylic acids is 1. The summed E-state index contributed by atoms with van der Waals surface area (Å²) in [5.41, 5.74) is 1.48. The van der Waals surface area contributed by atoms with Crippen LogP contribution in [0.5, 0.6) is 0 Å². The molecule has 108 valence electrons. The third kappa shape index (κ3) is 5.85. The fourth-order valence-corrected chi connectivity index (χ4v) is 1.93. The molecule has 4 heteroatoms. The van der Waals surface area contributed by atoms with Crippen molar-refractivity contribution in [2.75, 3.05) is 13.2 Å². The average Bonchev–Trinajstić information content (AvgIpc) is 2.44. The smallest absolute Gasteiger partial charge is 0.224 e. The van der Waals surface area contributed by atoms with Gasteiger partial charge in [0.05, 0.1) is 18.1 Å². The van der Waals surface area contributed by atoms with Crippen LogP contribution in [-0.4, -0.2) is 24.2 Å². The zero-order valence-electron chi connectivity index (χ0n) is 12.1. The van der Waals surface area contributed by atoms with Crippen molar-refractivity contribution >= 4 is 5.91 Å². The van der Waals surface area contributed by atoms with E-state index in [0.717, 1.165) is 18.4 Å². The normalized spacial score (nSPS) is 10.9. The van der Waals surface area contributed by atoms with E-state index >= 15 is 0 Å². The number of amides is 1. The number of nitriles is 1. The second kappa shape index (κ2) is 7.66. The Bertz CT molecular complexity index is 472. The molecule has 0 aliphatic carbocycles. The summed E-state index contributed by atoms with van der Waals surface area (Å²) in [5, 5.41) is 20.5. The van der Waals surface area contributed by atoms with Crippen molar-refractivity contribution < 1.29 is 9.90 Å². The van der Waals surface area contributed by atoms with Crippen molar-refractivity contribution in [3.63, 3.8) is 0 Å². The van der Waals surface area contributed by atoms with Gasteiger partial charge in [-0.15, -0.1) is 0 Å². The lowest BCUT2D eigenvalue weighted by Crippen LogP contribution is -2.35. The Balaban J connectivity index is 2.41. The van der Waals surface area contributed by atoms with Crippen LogP contribution in [0.2, 0.25) is 0 Å². The Hall–Kier alpha value is -1.86. The summed E-state index contributed by atoms with van der Waals surface area (Å²) >= 11 is 0. The molecule has 4 nitrogen and oxygen atoms in total. The van der Waals surface area contributed by atoms with E-state index < -0.39 is 0 Å². The van der Waals surface area contributed by atoms with Crippen molar-refractivity contribution in [1.29, 1.82) is 5.26 Å². The summed E-state index contributed by atoms with van der Waals surface area (Å²) in [6.45, 7) is 4.93. The first-order valence-corrected chi connectivity index (χ1v) is 6.83. The zero-order chi connectivity index (χ0) is 15.0. The molecule has 0 saturated heterocycles. The Morgan fingerprint density at radius 3 is 2.55 bits per heavy atom. The van der Waals surface area contributed by atoms with E-state index in [1.807, 2.05) is 0 Å². The predicted molar refractivity (Wildman–Crippen MR) is 78.0 cm³/mol. The summed E-state index contributed by atoms with van der Waals surface area (Å²) in [6.07, 6.45) is 1.95. The van der Waals surface area contributed by atoms with Crippen LogP contribution in [0.4, 0.5) is 0 Å². The molecule has 1 amide bonds. The number of hydrogen-bond acceptors (Lipinski definition) is 3. The molecule has 0 atom stereocenters. The van der Waals surface area contributed by atoms with Crippen molar-refractivity contribution in [2.45, 2.75) is 33.1 Å². The van der Waals surface area contributed by atoms with Gasteiger partial charge in [0.2, 0.25) is 5.91 Å². The number of carbonyl (C=O) groups is 1. The number of hydrogen-bond donors (Lipinski definition) is 2. The number of aliphatic hydroxyl groups is 1. The summed E-state index contributed by atoms with van der Waals surface area (Å²) in [6, 6.07) is 9.08. The van der Waals surface area contributed by atoms with Gasteiger partial charge in [0, 0.05) is 13.2 Å². The number of nitrogens with zero attached hydrogens (tertiary/aromatic N) is 1. The molecule has 0 spiro atoms. The summed E-state index contributed by atoms with van der Waals surface area (Å²) < 4.78 is 0. The standard InChI is InChI=1S/C16H22N2O2/c1-16(2,8-3-9-19)12-18-15(20)10-13-4-6-14(11-17)7-5-13/h4-7,19H,3,8-10,12H2,1-2H3,(H,18,20). The van der Waals surface area contributed by atoms with Gasteiger partial charge in [0.1, 0.15) is 0 Å². The highest BCUT2D eigenvalue weighted by Crippen LogP contribution is 2.20. The third-order valence-electron chi connectivity index (χ3n) is 3.22. The topological polar surface area (TPSA) is 73.1 Å². The van der Waals surface area contributed by atoms with Gasteiger partial charge in [0.25, 0.3) is 0 Å².